The molecule has 0 bridgehead atoms. The van der Waals surface area contributed by atoms with Crippen LogP contribution in [0, 0.1) is 0 Å². The fourth-order valence-electron chi connectivity index (χ4n) is 0.530. The topological polar surface area (TPSA) is 16.8 Å². The summed E-state index contributed by atoms with van der Waals surface area (Å²) >= 11 is 16.8. The number of aryl methyl sites for hydroxylation is 1. The Morgan fingerprint density at radius 3 is 2.50 bits per heavy atom. The summed E-state index contributed by atoms with van der Waals surface area (Å²) in [4.78, 5) is 0. The van der Waals surface area contributed by atoms with Crippen molar-refractivity contribution >= 4 is 34.8 Å². The van der Waals surface area contributed by atoms with Crippen molar-refractivity contribution in [3.05, 3.63) is 21.4 Å². The van der Waals surface area contributed by atoms with E-state index in [1.807, 2.05) is 0 Å². The van der Waals surface area contributed by atoms with Crippen LogP contribution in [-0.4, -0.2) is 5.10 Å². The molecule has 0 saturated heterocycles. The minimum atomic E-state index is 0.219. The van der Waals surface area contributed by atoms with Crippen LogP contribution in [0.5, 0.6) is 0 Å². The van der Waals surface area contributed by atoms with Gasteiger partial charge in [0.05, 0.1) is 0 Å². The summed E-state index contributed by atoms with van der Waals surface area (Å²) in [6.07, 6.45) is 1.58. The number of hydrogen-bond acceptors (Lipinski definition) is 1. The summed E-state index contributed by atoms with van der Waals surface area (Å²) in [6.45, 7) is 0. The molecule has 5 heteroatoms. The summed E-state index contributed by atoms with van der Waals surface area (Å²) in [5, 5.41) is 4.72. The predicted octanol–water partition coefficient (Wildman–Crippen LogP) is 1.87. The molecular weight excluding hydrogens is 194 g/mol. The van der Waals surface area contributed by atoms with Gasteiger partial charge in [-0.05, 0) is 0 Å². The van der Waals surface area contributed by atoms with Gasteiger partial charge in [-0.1, -0.05) is 39.5 Å². The smallest absolute Gasteiger partial charge is 0.0909 e. The molecule has 54 valence electrons. The third kappa shape index (κ3) is 1.51. The molecule has 2 nitrogen and oxygen atoms in total. The highest BCUT2D eigenvalue weighted by molar-refractivity contribution is 6.47. The van der Waals surface area contributed by atoms with Crippen LogP contribution in [0.15, 0.2) is 6.20 Å². The average Bonchev–Trinajstić information content (AvgIpc) is 1.82. The van der Waals surface area contributed by atoms with E-state index in [2.05, 4.69) is 5.10 Å². The quantitative estimate of drug-likeness (QED) is 0.582. The van der Waals surface area contributed by atoms with E-state index in [4.69, 9.17) is 34.8 Å². The first-order valence-electron chi connectivity index (χ1n) is 2.48. The highest BCUT2D eigenvalue weighted by atomic mass is 35.5. The van der Waals surface area contributed by atoms with E-state index < -0.39 is 0 Å². The van der Waals surface area contributed by atoms with E-state index >= 15 is 0 Å². The van der Waals surface area contributed by atoms with E-state index in [0.29, 0.717) is 10.0 Å². The van der Waals surface area contributed by atoms with E-state index in [1.165, 1.54) is 4.68 Å². The third-order valence-corrected chi connectivity index (χ3v) is 2.06. The monoisotopic (exact) mass is 197 g/mol. The second-order valence-corrected chi connectivity index (χ2v) is 2.90. The van der Waals surface area contributed by atoms with Crippen LogP contribution < -0.4 is 4.68 Å². The van der Waals surface area contributed by atoms with Crippen LogP contribution in [-0.2, 0) is 7.05 Å². The van der Waals surface area contributed by atoms with Gasteiger partial charge in [0.2, 0.25) is 11.3 Å². The Balaban J connectivity index is 3.31. The molecule has 0 atom stereocenters. The van der Waals surface area contributed by atoms with Gasteiger partial charge in [-0.15, -0.1) is 0 Å². The zero-order valence-corrected chi connectivity index (χ0v) is 7.37. The fraction of sp³-hybridized carbons (Fsp3) is 0.200. The van der Waals surface area contributed by atoms with Gasteiger partial charge in [-0.3, -0.25) is 0 Å². The molecule has 0 spiro atoms. The average molecular weight is 198 g/mol. The summed E-state index contributed by atoms with van der Waals surface area (Å²) in [6, 6.07) is 0. The van der Waals surface area contributed by atoms with Crippen molar-refractivity contribution in [3.63, 3.8) is 0 Å². The Hall–Kier alpha value is -0.0500. The normalized spacial score (nSPS) is 10.0. The molecular formula is C5H4Cl3N2+. The molecule has 0 fully saturated rings. The van der Waals surface area contributed by atoms with E-state index in [0.717, 1.165) is 0 Å². The maximum atomic E-state index is 5.64. The Morgan fingerprint density at radius 1 is 1.40 bits per heavy atom. The number of rotatable bonds is 0. The molecule has 0 aliphatic heterocycles. The molecule has 0 N–H and O–H groups in total. The van der Waals surface area contributed by atoms with Crippen LogP contribution in [0.2, 0.25) is 15.2 Å². The molecule has 0 amide bonds. The molecule has 0 aromatic carbocycles. The Morgan fingerprint density at radius 2 is 2.00 bits per heavy atom. The fourth-order valence-corrected chi connectivity index (χ4v) is 1.12. The van der Waals surface area contributed by atoms with Gasteiger partial charge < -0.3 is 0 Å². The predicted molar refractivity (Wildman–Crippen MR) is 40.4 cm³/mol. The molecule has 1 aromatic heterocycles. The molecule has 0 radical (unpaired) electrons. The lowest BCUT2D eigenvalue weighted by molar-refractivity contribution is -0.730. The number of hydrogen-bond donors (Lipinski definition) is 0. The van der Waals surface area contributed by atoms with E-state index in [-0.39, 0.29) is 5.15 Å². The van der Waals surface area contributed by atoms with E-state index in [9.17, 15) is 0 Å². The molecule has 1 heterocycles. The lowest BCUT2D eigenvalue weighted by atomic mass is 10.6. The summed E-state index contributed by atoms with van der Waals surface area (Å²) in [5.74, 6) is 0. The van der Waals surface area contributed by atoms with Gasteiger partial charge in [-0.2, -0.15) is 0 Å². The van der Waals surface area contributed by atoms with Gasteiger partial charge in [0, 0.05) is 5.10 Å². The first-order valence-corrected chi connectivity index (χ1v) is 3.62. The molecule has 0 saturated carbocycles. The van der Waals surface area contributed by atoms with Crippen LogP contribution in [0.3, 0.4) is 0 Å². The molecule has 0 aliphatic rings. The van der Waals surface area contributed by atoms with Crippen LogP contribution in [0.1, 0.15) is 0 Å². The van der Waals surface area contributed by atoms with Crippen LogP contribution in [0.25, 0.3) is 0 Å². The maximum Gasteiger partial charge on any atom is 0.216 e. The molecule has 10 heavy (non-hydrogen) atoms. The van der Waals surface area contributed by atoms with E-state index in [1.54, 1.807) is 13.2 Å². The molecule has 0 aliphatic carbocycles. The lowest BCUT2D eigenvalue weighted by Gasteiger charge is -1.91. The third-order valence-electron chi connectivity index (χ3n) is 0.937. The standard InChI is InChI=1S/C5H4Cl3N2/c1-10-2-3(6)4(7)5(8)9-10/h2H,1H3/q+1. The second kappa shape index (κ2) is 2.91. The lowest BCUT2D eigenvalue weighted by Crippen LogP contribution is -2.32. The van der Waals surface area contributed by atoms with Crippen molar-refractivity contribution in [1.29, 1.82) is 0 Å². The van der Waals surface area contributed by atoms with Gasteiger partial charge in [0.15, 0.2) is 7.05 Å². The van der Waals surface area contributed by atoms with Crippen LogP contribution in [0.4, 0.5) is 0 Å². The van der Waals surface area contributed by atoms with Crippen molar-refractivity contribution in [2.75, 3.05) is 0 Å². The van der Waals surface area contributed by atoms with Crippen molar-refractivity contribution in [1.82, 2.24) is 5.10 Å². The highest BCUT2D eigenvalue weighted by Gasteiger charge is 2.09. The molecule has 1 rings (SSSR count). The van der Waals surface area contributed by atoms with Crippen LogP contribution >= 0.6 is 34.8 Å². The van der Waals surface area contributed by atoms with Gasteiger partial charge in [0.1, 0.15) is 10.0 Å². The Labute approximate surface area is 73.3 Å². The second-order valence-electron chi connectivity index (χ2n) is 1.76. The SMILES string of the molecule is C[n+]1cc(Cl)c(Cl)c(Cl)n1. The molecule has 0 unspecified atom stereocenters. The summed E-state index contributed by atoms with van der Waals surface area (Å²) < 4.78 is 1.50. The number of aromatic nitrogens is 2. The van der Waals surface area contributed by atoms with Gasteiger partial charge >= 0.3 is 0 Å². The van der Waals surface area contributed by atoms with Crippen molar-refractivity contribution < 1.29 is 4.68 Å². The minimum absolute atomic E-state index is 0.219. The number of nitrogens with zero attached hydrogens (tertiary/aromatic N) is 2. The van der Waals surface area contributed by atoms with Crippen molar-refractivity contribution in [3.8, 4) is 0 Å². The number of halogens is 3. The first-order chi connectivity index (χ1) is 4.61. The molecule has 1 aromatic rings. The minimum Gasteiger partial charge on any atom is -0.0909 e. The zero-order valence-electron chi connectivity index (χ0n) is 5.11. The van der Waals surface area contributed by atoms with Gasteiger partial charge in [0.25, 0.3) is 0 Å². The maximum absolute atomic E-state index is 5.64. The van der Waals surface area contributed by atoms with Crippen molar-refractivity contribution in [2.24, 2.45) is 7.05 Å². The largest absolute Gasteiger partial charge is 0.216 e. The first kappa shape index (κ1) is 8.05. The Bertz CT molecular complexity index is 238. The van der Waals surface area contributed by atoms with Crippen molar-refractivity contribution in [2.45, 2.75) is 0 Å². The summed E-state index contributed by atoms with van der Waals surface area (Å²) in [7, 11) is 1.72. The van der Waals surface area contributed by atoms with Gasteiger partial charge in [-0.25, -0.2) is 0 Å². The Kier molecular flexibility index (Phi) is 2.34. The zero-order chi connectivity index (χ0) is 7.72. The summed E-state index contributed by atoms with van der Waals surface area (Å²) in [5.41, 5.74) is 0. The highest BCUT2D eigenvalue weighted by Crippen LogP contribution is 2.24.